The fourth-order valence-electron chi connectivity index (χ4n) is 3.76. The van der Waals surface area contributed by atoms with Gasteiger partial charge in [0.15, 0.2) is 5.65 Å². The van der Waals surface area contributed by atoms with E-state index in [1.54, 1.807) is 4.68 Å². The molecule has 7 nitrogen and oxygen atoms in total. The first-order chi connectivity index (χ1) is 13.9. The molecular weight excluding hydrogens is 364 g/mol. The van der Waals surface area contributed by atoms with Crippen LogP contribution in [0, 0.1) is 27.7 Å². The number of fused-ring (bicyclic) bond motifs is 1. The maximum atomic E-state index is 13.0. The Kier molecular flexibility index (Phi) is 4.66. The molecule has 0 aliphatic rings. The lowest BCUT2D eigenvalue weighted by atomic mass is 10.1. The van der Waals surface area contributed by atoms with Crippen molar-refractivity contribution in [3.8, 4) is 5.69 Å². The van der Waals surface area contributed by atoms with E-state index in [1.165, 1.54) is 0 Å². The van der Waals surface area contributed by atoms with Crippen molar-refractivity contribution < 1.29 is 4.79 Å². The zero-order chi connectivity index (χ0) is 20.7. The molecule has 1 N–H and O–H groups in total. The van der Waals surface area contributed by atoms with Crippen molar-refractivity contribution in [2.24, 2.45) is 7.05 Å². The number of amides is 1. The van der Waals surface area contributed by atoms with Crippen molar-refractivity contribution in [2.45, 2.75) is 34.2 Å². The van der Waals surface area contributed by atoms with Gasteiger partial charge in [-0.2, -0.15) is 10.2 Å². The van der Waals surface area contributed by atoms with Gasteiger partial charge in [0.25, 0.3) is 5.91 Å². The van der Waals surface area contributed by atoms with Gasteiger partial charge in [0, 0.05) is 30.5 Å². The zero-order valence-electron chi connectivity index (χ0n) is 17.3. The minimum atomic E-state index is -0.136. The molecule has 4 aromatic rings. The summed E-state index contributed by atoms with van der Waals surface area (Å²) in [5, 5.41) is 12.9. The van der Waals surface area contributed by atoms with E-state index in [2.05, 4.69) is 20.5 Å². The summed E-state index contributed by atoms with van der Waals surface area (Å²) in [6, 6.07) is 11.8. The van der Waals surface area contributed by atoms with Crippen molar-refractivity contribution in [3.63, 3.8) is 0 Å². The first kappa shape index (κ1) is 18.9. The highest BCUT2D eigenvalue weighted by molar-refractivity contribution is 6.06. The Bertz CT molecular complexity index is 1220. The lowest BCUT2D eigenvalue weighted by molar-refractivity contribution is 0.0952. The van der Waals surface area contributed by atoms with Crippen LogP contribution in [0.15, 0.2) is 36.4 Å². The first-order valence-corrected chi connectivity index (χ1v) is 9.56. The predicted molar refractivity (Wildman–Crippen MR) is 112 cm³/mol. The molecule has 0 bridgehead atoms. The smallest absolute Gasteiger partial charge is 0.252 e. The molecular formula is C22H24N6O. The summed E-state index contributed by atoms with van der Waals surface area (Å²) < 4.78 is 3.63. The van der Waals surface area contributed by atoms with E-state index in [0.29, 0.717) is 12.1 Å². The van der Waals surface area contributed by atoms with Gasteiger partial charge in [0.1, 0.15) is 0 Å². The maximum Gasteiger partial charge on any atom is 0.252 e. The van der Waals surface area contributed by atoms with Crippen LogP contribution < -0.4 is 5.32 Å². The van der Waals surface area contributed by atoms with Crippen molar-refractivity contribution >= 4 is 16.9 Å². The van der Waals surface area contributed by atoms with Gasteiger partial charge in [0.05, 0.1) is 28.0 Å². The molecule has 0 spiro atoms. The molecule has 3 aromatic heterocycles. The van der Waals surface area contributed by atoms with Crippen LogP contribution in [-0.2, 0) is 13.6 Å². The zero-order valence-corrected chi connectivity index (χ0v) is 17.3. The van der Waals surface area contributed by atoms with E-state index in [9.17, 15) is 4.79 Å². The number of hydrogen-bond donors (Lipinski definition) is 1. The topological polar surface area (TPSA) is 77.6 Å². The van der Waals surface area contributed by atoms with Crippen LogP contribution >= 0.6 is 0 Å². The van der Waals surface area contributed by atoms with Gasteiger partial charge >= 0.3 is 0 Å². The Labute approximate surface area is 169 Å². The number of benzene rings is 1. The number of pyridine rings is 1. The molecule has 0 unspecified atom stereocenters. The molecule has 148 valence electrons. The summed E-state index contributed by atoms with van der Waals surface area (Å²) in [5.41, 5.74) is 6.85. The average Bonchev–Trinajstić information content (AvgIpc) is 3.15. The molecule has 0 atom stereocenters. The summed E-state index contributed by atoms with van der Waals surface area (Å²) in [5.74, 6) is -0.136. The van der Waals surface area contributed by atoms with Gasteiger partial charge in [-0.25, -0.2) is 9.67 Å². The highest BCUT2D eigenvalue weighted by Gasteiger charge is 2.19. The minimum Gasteiger partial charge on any atom is -0.348 e. The van der Waals surface area contributed by atoms with Gasteiger partial charge in [-0.1, -0.05) is 18.2 Å². The molecule has 3 heterocycles. The summed E-state index contributed by atoms with van der Waals surface area (Å²) in [4.78, 5) is 17.6. The van der Waals surface area contributed by atoms with Crippen LogP contribution in [0.1, 0.15) is 38.7 Å². The molecule has 0 fully saturated rings. The molecule has 1 amide bonds. The molecule has 0 aliphatic carbocycles. The monoisotopic (exact) mass is 388 g/mol. The number of nitrogens with zero attached hydrogens (tertiary/aromatic N) is 5. The number of para-hydroxylation sites is 1. The van der Waals surface area contributed by atoms with Gasteiger partial charge in [0.2, 0.25) is 0 Å². The number of nitrogens with one attached hydrogen (secondary N) is 1. The van der Waals surface area contributed by atoms with E-state index < -0.39 is 0 Å². The summed E-state index contributed by atoms with van der Waals surface area (Å²) >= 11 is 0. The first-order valence-electron chi connectivity index (χ1n) is 9.56. The van der Waals surface area contributed by atoms with E-state index in [0.717, 1.165) is 45.1 Å². The molecule has 7 heteroatoms. The van der Waals surface area contributed by atoms with Crippen molar-refractivity contribution in [1.82, 2.24) is 29.9 Å². The second-order valence-electron chi connectivity index (χ2n) is 7.30. The average molecular weight is 388 g/mol. The van der Waals surface area contributed by atoms with Crippen LogP contribution in [0.4, 0.5) is 0 Å². The van der Waals surface area contributed by atoms with E-state index in [-0.39, 0.29) is 5.91 Å². The Morgan fingerprint density at radius 3 is 2.48 bits per heavy atom. The van der Waals surface area contributed by atoms with Gasteiger partial charge < -0.3 is 5.32 Å². The Hall–Kier alpha value is -3.48. The number of hydrogen-bond acceptors (Lipinski definition) is 4. The second kappa shape index (κ2) is 7.16. The standard InChI is InChI=1S/C22H24N6O/c1-13-11-18(20-15(3)25-27(5)21(20)24-13)22(29)23-12-19-14(2)26-28(16(19)4)17-9-7-6-8-10-17/h6-11H,12H2,1-5H3,(H,23,29). The van der Waals surface area contributed by atoms with Crippen LogP contribution in [0.25, 0.3) is 16.7 Å². The fourth-order valence-corrected chi connectivity index (χ4v) is 3.76. The predicted octanol–water partition coefficient (Wildman–Crippen LogP) is 3.32. The molecule has 0 saturated carbocycles. The Morgan fingerprint density at radius 2 is 1.76 bits per heavy atom. The van der Waals surface area contributed by atoms with E-state index >= 15 is 0 Å². The van der Waals surface area contributed by atoms with Crippen LogP contribution in [-0.4, -0.2) is 30.5 Å². The number of aromatic nitrogens is 5. The highest BCUT2D eigenvalue weighted by atomic mass is 16.1. The fraction of sp³-hybridized carbons (Fsp3) is 0.273. The lowest BCUT2D eigenvalue weighted by Gasteiger charge is -2.09. The number of aryl methyl sites for hydroxylation is 4. The van der Waals surface area contributed by atoms with Gasteiger partial charge in [-0.3, -0.25) is 9.48 Å². The van der Waals surface area contributed by atoms with Crippen LogP contribution in [0.2, 0.25) is 0 Å². The van der Waals surface area contributed by atoms with Gasteiger partial charge in [-0.05, 0) is 45.9 Å². The summed E-state index contributed by atoms with van der Waals surface area (Å²) in [6.07, 6.45) is 0. The second-order valence-corrected chi connectivity index (χ2v) is 7.30. The highest BCUT2D eigenvalue weighted by Crippen LogP contribution is 2.22. The Balaban J connectivity index is 1.63. The quantitative estimate of drug-likeness (QED) is 0.582. The molecule has 29 heavy (non-hydrogen) atoms. The normalized spacial score (nSPS) is 11.2. The summed E-state index contributed by atoms with van der Waals surface area (Å²) in [7, 11) is 1.84. The Morgan fingerprint density at radius 1 is 1.03 bits per heavy atom. The lowest BCUT2D eigenvalue weighted by Crippen LogP contribution is -2.24. The number of carbonyl (C=O) groups excluding carboxylic acids is 1. The van der Waals surface area contributed by atoms with Crippen LogP contribution in [0.3, 0.4) is 0 Å². The number of carbonyl (C=O) groups is 1. The van der Waals surface area contributed by atoms with E-state index in [4.69, 9.17) is 0 Å². The molecule has 0 aliphatic heterocycles. The molecule has 1 aromatic carbocycles. The molecule has 4 rings (SSSR count). The molecule has 0 radical (unpaired) electrons. The van der Waals surface area contributed by atoms with Crippen molar-refractivity contribution in [3.05, 3.63) is 70.3 Å². The third kappa shape index (κ3) is 3.29. The van der Waals surface area contributed by atoms with E-state index in [1.807, 2.05) is 75.8 Å². The van der Waals surface area contributed by atoms with Crippen molar-refractivity contribution in [1.29, 1.82) is 0 Å². The van der Waals surface area contributed by atoms with Crippen LogP contribution in [0.5, 0.6) is 0 Å². The van der Waals surface area contributed by atoms with Gasteiger partial charge in [-0.15, -0.1) is 0 Å². The molecule has 0 saturated heterocycles. The largest absolute Gasteiger partial charge is 0.348 e. The maximum absolute atomic E-state index is 13.0. The third-order valence-electron chi connectivity index (χ3n) is 5.21. The third-order valence-corrected chi connectivity index (χ3v) is 5.21. The number of rotatable bonds is 4. The van der Waals surface area contributed by atoms with Crippen molar-refractivity contribution in [2.75, 3.05) is 0 Å². The SMILES string of the molecule is Cc1cc(C(=O)NCc2c(C)nn(-c3ccccc3)c2C)c2c(C)nn(C)c2n1. The minimum absolute atomic E-state index is 0.136. The summed E-state index contributed by atoms with van der Waals surface area (Å²) in [6.45, 7) is 8.18.